The molecule has 0 aromatic rings. The van der Waals surface area contributed by atoms with Crippen molar-refractivity contribution in [2.24, 2.45) is 5.14 Å². The molecule has 1 unspecified atom stereocenters. The van der Waals surface area contributed by atoms with E-state index in [0.717, 1.165) is 6.08 Å². The second-order valence-corrected chi connectivity index (χ2v) is 2.59. The molecule has 0 radical (unpaired) electrons. The number of alkyl halides is 3. The molecule has 0 rings (SSSR count). The minimum absolute atomic E-state index is 0.0117. The zero-order chi connectivity index (χ0) is 8.20. The van der Waals surface area contributed by atoms with Crippen molar-refractivity contribution in [3.63, 3.8) is 0 Å². The van der Waals surface area contributed by atoms with Crippen LogP contribution in [0.2, 0.25) is 0 Å². The highest BCUT2D eigenvalue weighted by Crippen LogP contribution is 2.15. The monoisotopic (exact) mass is 173 g/mol. The van der Waals surface area contributed by atoms with Crippen LogP contribution in [0.4, 0.5) is 13.2 Å². The van der Waals surface area contributed by atoms with Gasteiger partial charge in [0.25, 0.3) is 0 Å². The topological polar surface area (TPSA) is 43.1 Å². The lowest BCUT2D eigenvalue weighted by Crippen LogP contribution is -2.07. The van der Waals surface area contributed by atoms with Crippen molar-refractivity contribution < 1.29 is 17.4 Å². The van der Waals surface area contributed by atoms with Crippen molar-refractivity contribution in [2.75, 3.05) is 5.75 Å². The van der Waals surface area contributed by atoms with Crippen LogP contribution in [0.5, 0.6) is 0 Å². The van der Waals surface area contributed by atoms with Crippen molar-refractivity contribution >= 4 is 11.0 Å². The molecule has 0 aromatic heterocycles. The highest BCUT2D eigenvalue weighted by atomic mass is 32.2. The summed E-state index contributed by atoms with van der Waals surface area (Å²) in [5.41, 5.74) is 0. The molecule has 0 fully saturated rings. The minimum atomic E-state index is -4.33. The predicted molar refractivity (Wildman–Crippen MR) is 32.4 cm³/mol. The molecule has 0 bridgehead atoms. The van der Waals surface area contributed by atoms with Crippen molar-refractivity contribution in [1.82, 2.24) is 0 Å². The third kappa shape index (κ3) is 7.64. The molecule has 0 saturated heterocycles. The molecule has 0 heterocycles. The van der Waals surface area contributed by atoms with Gasteiger partial charge in [0, 0.05) is 6.08 Å². The Labute approximate surface area is 58.5 Å². The standard InChI is InChI=1S/C4H6F3NOS/c5-4(6,7)2-1-3-10(8)9/h1-2H,3,8H2. The van der Waals surface area contributed by atoms with Crippen LogP contribution in [-0.4, -0.2) is 16.1 Å². The van der Waals surface area contributed by atoms with E-state index >= 15 is 0 Å². The molecule has 0 aliphatic rings. The molecule has 60 valence electrons. The summed E-state index contributed by atoms with van der Waals surface area (Å²) >= 11 is 0. The molecule has 0 aromatic carbocycles. The van der Waals surface area contributed by atoms with Gasteiger partial charge in [0.2, 0.25) is 0 Å². The van der Waals surface area contributed by atoms with Gasteiger partial charge in [-0.15, -0.1) is 0 Å². The van der Waals surface area contributed by atoms with Gasteiger partial charge in [-0.2, -0.15) is 13.2 Å². The summed E-state index contributed by atoms with van der Waals surface area (Å²) in [6, 6.07) is 0. The summed E-state index contributed by atoms with van der Waals surface area (Å²) < 4.78 is 43.8. The lowest BCUT2D eigenvalue weighted by molar-refractivity contribution is -0.0799. The fourth-order valence-corrected chi connectivity index (χ4v) is 0.562. The van der Waals surface area contributed by atoms with Gasteiger partial charge in [0.05, 0.1) is 16.7 Å². The van der Waals surface area contributed by atoms with E-state index in [1.54, 1.807) is 0 Å². The van der Waals surface area contributed by atoms with Crippen LogP contribution in [0.1, 0.15) is 0 Å². The highest BCUT2D eigenvalue weighted by molar-refractivity contribution is 7.82. The minimum Gasteiger partial charge on any atom is -0.252 e. The lowest BCUT2D eigenvalue weighted by atomic mass is 10.5. The van der Waals surface area contributed by atoms with Crippen LogP contribution in [0, 0.1) is 0 Å². The molecule has 0 aliphatic heterocycles. The summed E-state index contributed by atoms with van der Waals surface area (Å²) in [6.45, 7) is 0. The van der Waals surface area contributed by atoms with Crippen LogP contribution in [0.3, 0.4) is 0 Å². The third-order valence-electron chi connectivity index (χ3n) is 0.567. The second kappa shape index (κ2) is 3.72. The molecule has 0 saturated carbocycles. The average molecular weight is 173 g/mol. The smallest absolute Gasteiger partial charge is 0.252 e. The van der Waals surface area contributed by atoms with Crippen molar-refractivity contribution in [1.29, 1.82) is 0 Å². The molecular formula is C4H6F3NOS. The van der Waals surface area contributed by atoms with Crippen LogP contribution in [-0.2, 0) is 11.0 Å². The van der Waals surface area contributed by atoms with Gasteiger partial charge in [0.1, 0.15) is 0 Å². The summed E-state index contributed by atoms with van der Waals surface area (Å²) in [6.07, 6.45) is -3.59. The first kappa shape index (κ1) is 9.64. The SMILES string of the molecule is NS(=O)CC=CC(F)(F)F. The van der Waals surface area contributed by atoms with Gasteiger partial charge >= 0.3 is 6.18 Å². The second-order valence-electron chi connectivity index (χ2n) is 1.49. The normalized spacial score (nSPS) is 16.0. The third-order valence-corrected chi connectivity index (χ3v) is 1.09. The largest absolute Gasteiger partial charge is 0.409 e. The van der Waals surface area contributed by atoms with E-state index < -0.39 is 17.2 Å². The maximum absolute atomic E-state index is 11.3. The average Bonchev–Trinajstić information content (AvgIpc) is 1.59. The van der Waals surface area contributed by atoms with Crippen molar-refractivity contribution in [3.05, 3.63) is 12.2 Å². The highest BCUT2D eigenvalue weighted by Gasteiger charge is 2.21. The van der Waals surface area contributed by atoms with Gasteiger partial charge < -0.3 is 0 Å². The summed E-state index contributed by atoms with van der Waals surface area (Å²) in [4.78, 5) is 0. The zero-order valence-electron chi connectivity index (χ0n) is 4.89. The molecule has 10 heavy (non-hydrogen) atoms. The number of rotatable bonds is 2. The number of halogens is 3. The van der Waals surface area contributed by atoms with E-state index in [1.165, 1.54) is 0 Å². The first-order valence-corrected chi connectivity index (χ1v) is 3.67. The first-order valence-electron chi connectivity index (χ1n) is 2.29. The lowest BCUT2D eigenvalue weighted by Gasteiger charge is -1.95. The Kier molecular flexibility index (Phi) is 3.59. The molecule has 6 heteroatoms. The number of allylic oxidation sites excluding steroid dienone is 1. The Bertz CT molecular complexity index is 153. The van der Waals surface area contributed by atoms with E-state index in [2.05, 4.69) is 5.14 Å². The Morgan fingerprint density at radius 1 is 1.50 bits per heavy atom. The summed E-state index contributed by atoms with van der Waals surface area (Å²) in [7, 11) is -1.69. The summed E-state index contributed by atoms with van der Waals surface area (Å²) in [5, 5.41) is 4.68. The molecule has 0 aliphatic carbocycles. The van der Waals surface area contributed by atoms with Crippen LogP contribution in [0.25, 0.3) is 0 Å². The van der Waals surface area contributed by atoms with Crippen LogP contribution >= 0.6 is 0 Å². The van der Waals surface area contributed by atoms with Gasteiger partial charge in [-0.05, 0) is 0 Å². The van der Waals surface area contributed by atoms with Crippen LogP contribution < -0.4 is 5.14 Å². The predicted octanol–water partition coefficient (Wildman–Crippen LogP) is 0.727. The molecule has 1 atom stereocenters. The van der Waals surface area contributed by atoms with E-state index in [-0.39, 0.29) is 11.8 Å². The van der Waals surface area contributed by atoms with E-state index in [4.69, 9.17) is 0 Å². The summed E-state index contributed by atoms with van der Waals surface area (Å²) in [5.74, 6) is -0.264. The Morgan fingerprint density at radius 3 is 2.30 bits per heavy atom. The zero-order valence-corrected chi connectivity index (χ0v) is 5.71. The molecule has 2 N–H and O–H groups in total. The first-order chi connectivity index (χ1) is 4.42. The maximum Gasteiger partial charge on any atom is 0.409 e. The van der Waals surface area contributed by atoms with Crippen molar-refractivity contribution in [2.45, 2.75) is 6.18 Å². The number of nitrogens with two attached hydrogens (primary N) is 1. The van der Waals surface area contributed by atoms with Gasteiger partial charge in [0.15, 0.2) is 0 Å². The fourth-order valence-electron chi connectivity index (χ4n) is 0.277. The van der Waals surface area contributed by atoms with Crippen LogP contribution in [0.15, 0.2) is 12.2 Å². The van der Waals surface area contributed by atoms with Crippen molar-refractivity contribution in [3.8, 4) is 0 Å². The van der Waals surface area contributed by atoms with E-state index in [1.807, 2.05) is 0 Å². The molecule has 0 amide bonds. The Morgan fingerprint density at radius 2 is 2.00 bits per heavy atom. The number of hydrogen-bond acceptors (Lipinski definition) is 1. The van der Waals surface area contributed by atoms with Gasteiger partial charge in [-0.3, -0.25) is 5.14 Å². The van der Waals surface area contributed by atoms with E-state index in [9.17, 15) is 17.4 Å². The fraction of sp³-hybridized carbons (Fsp3) is 0.500. The number of hydrogen-bond donors (Lipinski definition) is 1. The maximum atomic E-state index is 11.3. The van der Waals surface area contributed by atoms with E-state index in [0.29, 0.717) is 0 Å². The van der Waals surface area contributed by atoms with Gasteiger partial charge in [-0.25, -0.2) is 4.21 Å². The quantitative estimate of drug-likeness (QED) is 0.614. The van der Waals surface area contributed by atoms with Gasteiger partial charge in [-0.1, -0.05) is 6.08 Å². The Hall–Kier alpha value is -0.360. The molecule has 2 nitrogen and oxygen atoms in total. The Balaban J connectivity index is 3.67. The molecular weight excluding hydrogens is 167 g/mol. The molecule has 0 spiro atoms.